The molecule has 5 rings (SSSR count). The van der Waals surface area contributed by atoms with Crippen LogP contribution in [-0.2, 0) is 13.5 Å². The largest absolute Gasteiger partial charge is 0.387 e. The van der Waals surface area contributed by atoms with Gasteiger partial charge in [0.15, 0.2) is 0 Å². The van der Waals surface area contributed by atoms with Gasteiger partial charge in [-0.3, -0.25) is 13.9 Å². The molecule has 0 radical (unpaired) electrons. The van der Waals surface area contributed by atoms with Crippen LogP contribution in [0.5, 0.6) is 0 Å². The number of amides is 1. The van der Waals surface area contributed by atoms with Gasteiger partial charge >= 0.3 is 0 Å². The highest BCUT2D eigenvalue weighted by Gasteiger charge is 2.21. The van der Waals surface area contributed by atoms with Crippen LogP contribution in [0, 0.1) is 6.92 Å². The van der Waals surface area contributed by atoms with E-state index in [-0.39, 0.29) is 17.6 Å². The van der Waals surface area contributed by atoms with Crippen LogP contribution >= 0.6 is 0 Å². The Labute approximate surface area is 203 Å². The van der Waals surface area contributed by atoms with Gasteiger partial charge < -0.3 is 14.9 Å². The normalized spacial score (nSPS) is 12.4. The van der Waals surface area contributed by atoms with E-state index in [9.17, 15) is 18.7 Å². The van der Waals surface area contributed by atoms with E-state index in [0.717, 1.165) is 16.8 Å². The van der Waals surface area contributed by atoms with Crippen LogP contribution in [0.4, 0.5) is 14.5 Å². The summed E-state index contributed by atoms with van der Waals surface area (Å²) in [4.78, 5) is 21.5. The van der Waals surface area contributed by atoms with Gasteiger partial charge in [-0.15, -0.1) is 0 Å². The van der Waals surface area contributed by atoms with Gasteiger partial charge in [-0.1, -0.05) is 17.3 Å². The molecule has 5 aromatic rings. The standard InChI is InChI=1S/C24H21F2N7O3/c1-13-3-4-15(23-29-21(36-31-23)11-19(34)22(25)26)9-17(13)28-24(35)18-12-27-20-10-14(5-8-33(18)20)16-6-7-32(2)30-16/h3-10,12,19,22,34H,11H2,1-2H3,(H,28,35)/t19-/m0/s1. The van der Waals surface area contributed by atoms with Gasteiger partial charge in [-0.05, 0) is 36.8 Å². The molecule has 0 aliphatic heterocycles. The third-order valence-corrected chi connectivity index (χ3v) is 5.64. The van der Waals surface area contributed by atoms with Crippen molar-refractivity contribution in [1.82, 2.24) is 29.3 Å². The number of benzene rings is 1. The average molecular weight is 493 g/mol. The third-order valence-electron chi connectivity index (χ3n) is 5.64. The number of nitrogens with zero attached hydrogens (tertiary/aromatic N) is 6. The molecule has 1 atom stereocenters. The number of aliphatic hydroxyl groups excluding tert-OH is 1. The first-order chi connectivity index (χ1) is 17.3. The van der Waals surface area contributed by atoms with Crippen molar-refractivity contribution in [2.45, 2.75) is 25.9 Å². The molecule has 1 amide bonds. The fourth-order valence-electron chi connectivity index (χ4n) is 3.68. The molecule has 0 aliphatic rings. The maximum atomic E-state index is 13.1. The monoisotopic (exact) mass is 493 g/mol. The van der Waals surface area contributed by atoms with E-state index in [1.165, 1.54) is 6.20 Å². The maximum absolute atomic E-state index is 13.1. The van der Waals surface area contributed by atoms with Crippen molar-refractivity contribution in [3.05, 3.63) is 72.1 Å². The van der Waals surface area contributed by atoms with Crippen molar-refractivity contribution >= 4 is 17.2 Å². The van der Waals surface area contributed by atoms with Crippen LogP contribution in [0.25, 0.3) is 28.3 Å². The van der Waals surface area contributed by atoms with Crippen molar-refractivity contribution in [2.24, 2.45) is 7.05 Å². The average Bonchev–Trinajstić information content (AvgIpc) is 3.59. The number of hydrogen-bond donors (Lipinski definition) is 2. The van der Waals surface area contributed by atoms with E-state index in [1.807, 2.05) is 38.4 Å². The predicted molar refractivity (Wildman–Crippen MR) is 126 cm³/mol. The Morgan fingerprint density at radius 2 is 2.00 bits per heavy atom. The minimum absolute atomic E-state index is 0.111. The molecular weight excluding hydrogens is 472 g/mol. The molecule has 0 saturated heterocycles. The van der Waals surface area contributed by atoms with E-state index >= 15 is 0 Å². The summed E-state index contributed by atoms with van der Waals surface area (Å²) in [7, 11) is 1.84. The molecule has 0 aliphatic carbocycles. The zero-order chi connectivity index (χ0) is 25.4. The highest BCUT2D eigenvalue weighted by atomic mass is 19.3. The van der Waals surface area contributed by atoms with Gasteiger partial charge in [0, 0.05) is 36.3 Å². The molecule has 2 N–H and O–H groups in total. The Balaban J connectivity index is 1.37. The fraction of sp³-hybridized carbons (Fsp3) is 0.208. The number of halogens is 2. The Bertz CT molecular complexity index is 1560. The number of aromatic nitrogens is 6. The molecular formula is C24H21F2N7O3. The second-order valence-electron chi connectivity index (χ2n) is 8.26. The van der Waals surface area contributed by atoms with Gasteiger partial charge in [-0.2, -0.15) is 10.1 Å². The molecule has 1 aromatic carbocycles. The molecule has 4 aromatic heterocycles. The summed E-state index contributed by atoms with van der Waals surface area (Å²) in [6.07, 6.45) is -0.163. The number of fused-ring (bicyclic) bond motifs is 1. The van der Waals surface area contributed by atoms with Crippen LogP contribution in [-0.4, -0.2) is 52.8 Å². The number of imidazole rings is 1. The van der Waals surface area contributed by atoms with Gasteiger partial charge in [0.2, 0.25) is 11.7 Å². The highest BCUT2D eigenvalue weighted by molar-refractivity contribution is 6.04. The number of hydrogen-bond acceptors (Lipinski definition) is 7. The Morgan fingerprint density at radius 3 is 2.75 bits per heavy atom. The van der Waals surface area contributed by atoms with Crippen LogP contribution in [0.1, 0.15) is 21.9 Å². The van der Waals surface area contributed by atoms with Crippen molar-refractivity contribution < 1.29 is 23.2 Å². The predicted octanol–water partition coefficient (Wildman–Crippen LogP) is 3.51. The molecule has 0 spiro atoms. The summed E-state index contributed by atoms with van der Waals surface area (Å²) in [5, 5.41) is 20.4. The summed E-state index contributed by atoms with van der Waals surface area (Å²) in [6.45, 7) is 1.83. The molecule has 184 valence electrons. The second kappa shape index (κ2) is 9.30. The van der Waals surface area contributed by atoms with E-state index in [2.05, 4.69) is 25.5 Å². The second-order valence-corrected chi connectivity index (χ2v) is 8.26. The molecule has 36 heavy (non-hydrogen) atoms. The number of aryl methyl sites for hydroxylation is 2. The van der Waals surface area contributed by atoms with Crippen LogP contribution in [0.15, 0.2) is 59.5 Å². The van der Waals surface area contributed by atoms with Gasteiger partial charge in [0.25, 0.3) is 12.3 Å². The number of rotatable bonds is 7. The highest BCUT2D eigenvalue weighted by Crippen LogP contribution is 2.25. The zero-order valence-corrected chi connectivity index (χ0v) is 19.3. The number of pyridine rings is 1. The van der Waals surface area contributed by atoms with Gasteiger partial charge in [0.05, 0.1) is 18.3 Å². The van der Waals surface area contributed by atoms with E-state index in [1.54, 1.807) is 33.5 Å². The Kier molecular flexibility index (Phi) is 6.02. The number of anilines is 1. The summed E-state index contributed by atoms with van der Waals surface area (Å²) < 4.78 is 33.5. The molecule has 12 heteroatoms. The molecule has 0 bridgehead atoms. The van der Waals surface area contributed by atoms with Gasteiger partial charge in [-0.25, -0.2) is 13.8 Å². The molecule has 0 fully saturated rings. The molecule has 0 saturated carbocycles. The van der Waals surface area contributed by atoms with Gasteiger partial charge in [0.1, 0.15) is 17.4 Å². The maximum Gasteiger partial charge on any atom is 0.274 e. The lowest BCUT2D eigenvalue weighted by atomic mass is 10.1. The van der Waals surface area contributed by atoms with Crippen LogP contribution in [0.3, 0.4) is 0 Å². The minimum Gasteiger partial charge on any atom is -0.387 e. The first-order valence-electron chi connectivity index (χ1n) is 11.0. The summed E-state index contributed by atoms with van der Waals surface area (Å²) in [5.41, 5.74) is 4.42. The van der Waals surface area contributed by atoms with Crippen LogP contribution in [0.2, 0.25) is 0 Å². The van der Waals surface area contributed by atoms with E-state index in [0.29, 0.717) is 22.6 Å². The number of carbonyl (C=O) groups is 1. The number of carbonyl (C=O) groups excluding carboxylic acids is 1. The fourth-order valence-corrected chi connectivity index (χ4v) is 3.68. The smallest absolute Gasteiger partial charge is 0.274 e. The van der Waals surface area contributed by atoms with Crippen molar-refractivity contribution in [3.8, 4) is 22.6 Å². The third kappa shape index (κ3) is 4.58. The topological polar surface area (TPSA) is 123 Å². The molecule has 0 unspecified atom stereocenters. The SMILES string of the molecule is Cc1ccc(-c2noc(C[C@H](O)C(F)F)n2)cc1NC(=O)c1cnc2cc(-c3ccn(C)n3)ccn12. The van der Waals surface area contributed by atoms with E-state index < -0.39 is 19.0 Å². The summed E-state index contributed by atoms with van der Waals surface area (Å²) in [6, 6.07) is 10.8. The number of alkyl halides is 2. The zero-order valence-electron chi connectivity index (χ0n) is 19.3. The van der Waals surface area contributed by atoms with Crippen molar-refractivity contribution in [1.29, 1.82) is 0 Å². The van der Waals surface area contributed by atoms with Crippen molar-refractivity contribution in [3.63, 3.8) is 0 Å². The lowest BCUT2D eigenvalue weighted by molar-refractivity contribution is -0.00754. The first kappa shape index (κ1) is 23.3. The van der Waals surface area contributed by atoms with E-state index in [4.69, 9.17) is 4.52 Å². The number of aliphatic hydroxyl groups is 1. The first-order valence-corrected chi connectivity index (χ1v) is 11.0. The summed E-state index contributed by atoms with van der Waals surface area (Å²) >= 11 is 0. The lowest BCUT2D eigenvalue weighted by Crippen LogP contribution is -2.20. The summed E-state index contributed by atoms with van der Waals surface area (Å²) in [5.74, 6) is -0.333. The molecule has 10 nitrogen and oxygen atoms in total. The quantitative estimate of drug-likeness (QED) is 0.356. The lowest BCUT2D eigenvalue weighted by Gasteiger charge is -2.10. The minimum atomic E-state index is -2.91. The Morgan fingerprint density at radius 1 is 1.17 bits per heavy atom. The van der Waals surface area contributed by atoms with Crippen molar-refractivity contribution in [2.75, 3.05) is 5.32 Å². The van der Waals surface area contributed by atoms with Crippen LogP contribution < -0.4 is 5.32 Å². The Hall–Kier alpha value is -4.45. The molecule has 4 heterocycles. The number of nitrogens with one attached hydrogen (secondary N) is 1.